The van der Waals surface area contributed by atoms with Crippen LogP contribution in [0.4, 0.5) is 0 Å². The quantitative estimate of drug-likeness (QED) is 0.0327. The molecule has 8 atom stereocenters. The van der Waals surface area contributed by atoms with Crippen LogP contribution in [0, 0.1) is 47.3 Å². The first-order valence-corrected chi connectivity index (χ1v) is 25.6. The SMILES string of the molecule is CCCCC(CC)C(=O)OOC(C)(CC(C)C)C(C)(OCC(C)C)OOC(C)(CC(C)C)OOC(C)(CC(C)C)OOC(C)(OCC(C)C)C(C)(CC(C)C)OOC(=O)C(CC)CCCC. The lowest BCUT2D eigenvalue weighted by molar-refractivity contribution is -0.617. The molecule has 0 saturated carbocycles. The van der Waals surface area contributed by atoms with Crippen LogP contribution in [0.3, 0.4) is 0 Å². The minimum absolute atomic E-state index is 0.0329. The van der Waals surface area contributed by atoms with Gasteiger partial charge in [0.15, 0.2) is 11.2 Å². The van der Waals surface area contributed by atoms with E-state index in [9.17, 15) is 9.59 Å². The summed E-state index contributed by atoms with van der Waals surface area (Å²) >= 11 is 0. The number of carbonyl (C=O) groups is 2. The summed E-state index contributed by atoms with van der Waals surface area (Å²) in [6.45, 7) is 43.5. The van der Waals surface area contributed by atoms with Crippen molar-refractivity contribution >= 4 is 11.9 Å². The highest BCUT2D eigenvalue weighted by Gasteiger charge is 2.56. The number of hydrogen-bond donors (Lipinski definition) is 0. The Kier molecular flexibility index (Phi) is 29.6. The normalized spacial score (nSPS) is 19.0. The molecule has 0 radical (unpaired) electrons. The van der Waals surface area contributed by atoms with Crippen LogP contribution in [0.15, 0.2) is 0 Å². The van der Waals surface area contributed by atoms with E-state index in [0.717, 1.165) is 25.7 Å². The number of ether oxygens (including phenoxy) is 2. The van der Waals surface area contributed by atoms with Gasteiger partial charge >= 0.3 is 11.9 Å². The average Bonchev–Trinajstić information content (AvgIpc) is 3.21. The van der Waals surface area contributed by atoms with E-state index in [-0.39, 0.29) is 60.6 Å². The zero-order valence-corrected chi connectivity index (χ0v) is 46.2. The first-order valence-electron chi connectivity index (χ1n) is 25.6. The summed E-state index contributed by atoms with van der Waals surface area (Å²) in [6, 6.07) is 0. The largest absolute Gasteiger partial charge is 0.345 e. The van der Waals surface area contributed by atoms with Gasteiger partial charge in [-0.15, -0.1) is 0 Å². The van der Waals surface area contributed by atoms with Gasteiger partial charge in [0.1, 0.15) is 0 Å². The Hall–Kier alpha value is -1.46. The third-order valence-corrected chi connectivity index (χ3v) is 11.7. The molecule has 0 aliphatic rings. The van der Waals surface area contributed by atoms with Crippen molar-refractivity contribution in [3.8, 4) is 0 Å². The predicted molar refractivity (Wildman–Crippen MR) is 257 cm³/mol. The van der Waals surface area contributed by atoms with Gasteiger partial charge in [-0.25, -0.2) is 9.59 Å². The highest BCUT2D eigenvalue weighted by molar-refractivity contribution is 5.72. The lowest BCUT2D eigenvalue weighted by Crippen LogP contribution is -2.58. The Morgan fingerprint density at radius 1 is 0.394 bits per heavy atom. The molecule has 0 saturated heterocycles. The van der Waals surface area contributed by atoms with Crippen molar-refractivity contribution in [2.75, 3.05) is 13.2 Å². The van der Waals surface area contributed by atoms with Crippen molar-refractivity contribution in [3.63, 3.8) is 0 Å². The number of rotatable bonds is 39. The fraction of sp³-hybridized carbons (Fsp3) is 0.962. The van der Waals surface area contributed by atoms with Crippen molar-refractivity contribution in [2.45, 2.75) is 264 Å². The summed E-state index contributed by atoms with van der Waals surface area (Å²) in [5.41, 5.74) is -2.69. The smallest absolute Gasteiger partial charge is 0.345 e. The molecule has 394 valence electrons. The number of hydrogen-bond acceptors (Lipinski definition) is 14. The monoisotopic (exact) mass is 951 g/mol. The summed E-state index contributed by atoms with van der Waals surface area (Å²) < 4.78 is 13.0. The molecular weight excluding hydrogens is 849 g/mol. The molecule has 0 spiro atoms. The van der Waals surface area contributed by atoms with Gasteiger partial charge in [-0.2, -0.15) is 39.1 Å². The van der Waals surface area contributed by atoms with Gasteiger partial charge in [-0.1, -0.05) is 136 Å². The van der Waals surface area contributed by atoms with Crippen molar-refractivity contribution < 1.29 is 67.9 Å². The Balaban J connectivity index is 7.02. The third kappa shape index (κ3) is 23.0. The highest BCUT2D eigenvalue weighted by atomic mass is 17.4. The van der Waals surface area contributed by atoms with Crippen molar-refractivity contribution in [3.05, 3.63) is 0 Å². The molecule has 0 rings (SSSR count). The maximum absolute atomic E-state index is 13.4. The van der Waals surface area contributed by atoms with E-state index < -0.39 is 46.3 Å². The van der Waals surface area contributed by atoms with Crippen LogP contribution >= 0.6 is 0 Å². The van der Waals surface area contributed by atoms with Crippen molar-refractivity contribution in [1.82, 2.24) is 0 Å². The summed E-state index contributed by atoms with van der Waals surface area (Å²) in [6.07, 6.45) is 7.77. The topological polar surface area (TPSA) is 145 Å². The minimum atomic E-state index is -1.62. The Morgan fingerprint density at radius 3 is 0.924 bits per heavy atom. The molecule has 0 aliphatic heterocycles. The van der Waals surface area contributed by atoms with Crippen molar-refractivity contribution in [2.24, 2.45) is 47.3 Å². The molecule has 0 aromatic carbocycles. The minimum Gasteiger partial charge on any atom is -0.345 e. The van der Waals surface area contributed by atoms with Crippen molar-refractivity contribution in [1.29, 1.82) is 0 Å². The molecule has 0 N–H and O–H groups in total. The molecule has 0 bridgehead atoms. The maximum atomic E-state index is 13.4. The first kappa shape index (κ1) is 64.5. The molecule has 0 aliphatic carbocycles. The van der Waals surface area contributed by atoms with Crippen LogP contribution in [0.2, 0.25) is 0 Å². The Bertz CT molecular complexity index is 1230. The predicted octanol–water partition coefficient (Wildman–Crippen LogP) is 14.1. The summed E-state index contributed by atoms with van der Waals surface area (Å²) in [5.74, 6) is -7.40. The highest BCUT2D eigenvalue weighted by Crippen LogP contribution is 2.42. The van der Waals surface area contributed by atoms with E-state index in [1.54, 1.807) is 41.5 Å². The Morgan fingerprint density at radius 2 is 0.682 bits per heavy atom. The summed E-state index contributed by atoms with van der Waals surface area (Å²) in [4.78, 5) is 88.3. The molecular formula is C52H102O14. The van der Waals surface area contributed by atoms with Crippen LogP contribution in [0.1, 0.15) is 229 Å². The average molecular weight is 951 g/mol. The van der Waals surface area contributed by atoms with Gasteiger partial charge < -0.3 is 9.47 Å². The van der Waals surface area contributed by atoms with Crippen LogP contribution < -0.4 is 0 Å². The first-order chi connectivity index (χ1) is 30.4. The molecule has 14 nitrogen and oxygen atoms in total. The fourth-order valence-corrected chi connectivity index (χ4v) is 7.77. The maximum Gasteiger partial charge on any atom is 0.345 e. The number of carbonyl (C=O) groups excluding carboxylic acids is 2. The third-order valence-electron chi connectivity index (χ3n) is 11.7. The van der Waals surface area contributed by atoms with Gasteiger partial charge in [0.05, 0.1) is 25.0 Å². The lowest BCUT2D eigenvalue weighted by Gasteiger charge is -2.45. The molecule has 0 amide bonds. The van der Waals surface area contributed by atoms with Gasteiger partial charge in [-0.3, -0.25) is 9.78 Å². The summed E-state index contributed by atoms with van der Waals surface area (Å²) in [7, 11) is 0. The zero-order valence-electron chi connectivity index (χ0n) is 46.2. The molecule has 0 fully saturated rings. The van der Waals surface area contributed by atoms with E-state index in [4.69, 9.17) is 58.3 Å². The summed E-state index contributed by atoms with van der Waals surface area (Å²) in [5, 5.41) is 0. The molecule has 14 heteroatoms. The van der Waals surface area contributed by atoms with Gasteiger partial charge in [0.25, 0.3) is 0 Å². The van der Waals surface area contributed by atoms with E-state index in [0.29, 0.717) is 51.4 Å². The van der Waals surface area contributed by atoms with Crippen LogP contribution in [0.25, 0.3) is 0 Å². The van der Waals surface area contributed by atoms with Gasteiger partial charge in [0.2, 0.25) is 23.1 Å². The van der Waals surface area contributed by atoms with E-state index in [1.807, 2.05) is 96.9 Å². The molecule has 8 unspecified atom stereocenters. The van der Waals surface area contributed by atoms with Crippen LogP contribution in [-0.4, -0.2) is 59.5 Å². The Labute approximate surface area is 403 Å². The molecule has 0 aromatic heterocycles. The zero-order chi connectivity index (χ0) is 51.2. The van der Waals surface area contributed by atoms with Gasteiger partial charge in [-0.05, 0) is 116 Å². The molecule has 0 heterocycles. The standard InChI is InChI=1S/C52H102O14/c1-23-27-29-43(25-3)45(53)57-59-47(17,31-37(5)6)51(21,55-35-41(13)14)65-63-49(19,33-39(9)10)61-62-50(20,34-40(11)12)64-66-52(22,56-36-42(15)16)48(18,32-38(7)8)60-58-46(54)44(26-4)30-28-24-2/h37-44H,23-36H2,1-22H3. The number of unbranched alkanes of at least 4 members (excludes halogenated alkanes) is 2. The lowest BCUT2D eigenvalue weighted by atomic mass is 9.87. The fourth-order valence-electron chi connectivity index (χ4n) is 7.77. The van der Waals surface area contributed by atoms with Crippen LogP contribution in [-0.2, 0) is 67.9 Å². The second-order valence-corrected chi connectivity index (χ2v) is 22.4. The second kappa shape index (κ2) is 30.3. The van der Waals surface area contributed by atoms with E-state index in [2.05, 4.69) is 13.8 Å². The van der Waals surface area contributed by atoms with Crippen LogP contribution in [0.5, 0.6) is 0 Å². The second-order valence-electron chi connectivity index (χ2n) is 22.4. The van der Waals surface area contributed by atoms with E-state index >= 15 is 0 Å². The molecule has 0 aromatic rings. The molecule has 66 heavy (non-hydrogen) atoms. The van der Waals surface area contributed by atoms with E-state index in [1.165, 1.54) is 0 Å². The van der Waals surface area contributed by atoms with Gasteiger partial charge in [0, 0.05) is 12.8 Å².